The SMILES string of the molecule is CC(O)Cc1cc2c(c(O)c1O)C1(C)CCCC(C)(C(=O)OC3OC(CO)C(O)C(O)C3O)C1CC2=O. The highest BCUT2D eigenvalue weighted by Gasteiger charge is 2.59. The Kier molecular flexibility index (Phi) is 7.34. The number of ether oxygens (including phenoxy) is 2. The second-order valence-electron chi connectivity index (χ2n) is 11.2. The summed E-state index contributed by atoms with van der Waals surface area (Å²) in [6.45, 7) is 4.32. The number of fused-ring (bicyclic) bond motifs is 3. The van der Waals surface area contributed by atoms with Crippen LogP contribution in [0.3, 0.4) is 0 Å². The van der Waals surface area contributed by atoms with Crippen LogP contribution in [0.1, 0.15) is 67.9 Å². The number of esters is 1. The maximum atomic E-state index is 13.6. The van der Waals surface area contributed by atoms with Gasteiger partial charge in [-0.2, -0.15) is 0 Å². The summed E-state index contributed by atoms with van der Waals surface area (Å²) in [4.78, 5) is 26.9. The van der Waals surface area contributed by atoms with Crippen molar-refractivity contribution in [1.82, 2.24) is 0 Å². The van der Waals surface area contributed by atoms with E-state index in [0.29, 0.717) is 19.3 Å². The van der Waals surface area contributed by atoms with Gasteiger partial charge in [0.05, 0.1) is 18.1 Å². The Hall–Kier alpha value is -2.28. The van der Waals surface area contributed by atoms with Gasteiger partial charge >= 0.3 is 5.97 Å². The maximum absolute atomic E-state index is 13.6. The van der Waals surface area contributed by atoms with E-state index in [1.807, 2.05) is 6.92 Å². The quantitative estimate of drug-likeness (QED) is 0.203. The third-order valence-corrected chi connectivity index (χ3v) is 8.60. The van der Waals surface area contributed by atoms with E-state index >= 15 is 0 Å². The van der Waals surface area contributed by atoms with Gasteiger partial charge in [0.2, 0.25) is 6.29 Å². The maximum Gasteiger partial charge on any atom is 0.314 e. The Balaban J connectivity index is 1.69. The summed E-state index contributed by atoms with van der Waals surface area (Å²) in [5.41, 5.74) is -1.40. The van der Waals surface area contributed by atoms with Gasteiger partial charge in [-0.3, -0.25) is 9.59 Å². The highest BCUT2D eigenvalue weighted by Crippen LogP contribution is 2.60. The molecule has 1 saturated carbocycles. The number of carbonyl (C=O) groups is 2. The molecule has 206 valence electrons. The molecule has 1 heterocycles. The molecule has 7 N–H and O–H groups in total. The lowest BCUT2D eigenvalue weighted by Crippen LogP contribution is -2.61. The van der Waals surface area contributed by atoms with Gasteiger partial charge in [0.15, 0.2) is 17.3 Å². The Bertz CT molecular complexity index is 1070. The number of carbonyl (C=O) groups excluding carboxylic acids is 2. The Morgan fingerprint density at radius 2 is 1.81 bits per heavy atom. The number of hydrogen-bond acceptors (Lipinski definition) is 11. The van der Waals surface area contributed by atoms with E-state index in [-0.39, 0.29) is 35.3 Å². The Morgan fingerprint density at radius 1 is 1.14 bits per heavy atom. The molecule has 9 atom stereocenters. The minimum absolute atomic E-state index is 0.0396. The molecule has 9 unspecified atom stereocenters. The van der Waals surface area contributed by atoms with Crippen molar-refractivity contribution in [1.29, 1.82) is 0 Å². The van der Waals surface area contributed by atoms with Crippen LogP contribution < -0.4 is 0 Å². The first-order valence-corrected chi connectivity index (χ1v) is 12.6. The van der Waals surface area contributed by atoms with Crippen LogP contribution in [0.25, 0.3) is 0 Å². The molecule has 3 aliphatic rings. The average Bonchev–Trinajstić information content (AvgIpc) is 2.83. The fraction of sp³-hybridized carbons (Fsp3) is 0.692. The van der Waals surface area contributed by atoms with Crippen molar-refractivity contribution in [2.45, 2.75) is 95.1 Å². The summed E-state index contributed by atoms with van der Waals surface area (Å²) < 4.78 is 10.8. The Morgan fingerprint density at radius 3 is 2.43 bits per heavy atom. The van der Waals surface area contributed by atoms with Crippen LogP contribution in [0.5, 0.6) is 11.5 Å². The molecule has 1 aliphatic heterocycles. The molecule has 0 aromatic heterocycles. The second-order valence-corrected chi connectivity index (χ2v) is 11.2. The van der Waals surface area contributed by atoms with Gasteiger partial charge in [-0.25, -0.2) is 0 Å². The first kappa shape index (κ1) is 27.7. The van der Waals surface area contributed by atoms with E-state index < -0.39 is 77.6 Å². The average molecular weight is 525 g/mol. The number of aliphatic hydroxyl groups excluding tert-OH is 5. The molecule has 4 rings (SSSR count). The van der Waals surface area contributed by atoms with E-state index in [1.54, 1.807) is 6.92 Å². The summed E-state index contributed by atoms with van der Waals surface area (Å²) in [5.74, 6) is -2.61. The lowest BCUT2D eigenvalue weighted by molar-refractivity contribution is -0.296. The fourth-order valence-corrected chi connectivity index (χ4v) is 6.55. The molecule has 0 spiro atoms. The van der Waals surface area contributed by atoms with Crippen LogP contribution in [0, 0.1) is 11.3 Å². The molecule has 0 radical (unpaired) electrons. The van der Waals surface area contributed by atoms with Crippen LogP contribution in [0.4, 0.5) is 0 Å². The predicted octanol–water partition coefficient (Wildman–Crippen LogP) is 0.0147. The molecule has 2 fully saturated rings. The third kappa shape index (κ3) is 4.41. The summed E-state index contributed by atoms with van der Waals surface area (Å²) in [6.07, 6.45) is -7.41. The van der Waals surface area contributed by atoms with Gasteiger partial charge in [0.25, 0.3) is 0 Å². The fourth-order valence-electron chi connectivity index (χ4n) is 6.55. The lowest BCUT2D eigenvalue weighted by atomic mass is 9.49. The van der Waals surface area contributed by atoms with E-state index in [9.17, 15) is 45.3 Å². The number of aromatic hydroxyl groups is 2. The smallest absolute Gasteiger partial charge is 0.314 e. The Labute approximate surface area is 214 Å². The second kappa shape index (κ2) is 9.79. The minimum atomic E-state index is -1.76. The van der Waals surface area contributed by atoms with Gasteiger partial charge in [-0.1, -0.05) is 13.3 Å². The van der Waals surface area contributed by atoms with E-state index in [0.717, 1.165) is 0 Å². The third-order valence-electron chi connectivity index (χ3n) is 8.60. The number of ketones is 1. The standard InChI is InChI=1S/C26H36O11/c1-11(28)7-12-8-13-14(29)9-16-25(2,17(13)20(32)18(12)30)5-4-6-26(16,3)24(35)37-23-22(34)21(33)19(31)15(10-27)36-23/h8,11,15-16,19,21-23,27-28,30-34H,4-7,9-10H2,1-3H3. The van der Waals surface area contributed by atoms with E-state index in [1.165, 1.54) is 13.0 Å². The first-order chi connectivity index (χ1) is 17.3. The van der Waals surface area contributed by atoms with Crippen molar-refractivity contribution in [3.8, 4) is 11.5 Å². The number of phenolic OH excluding ortho intramolecular Hbond substituents is 2. The summed E-state index contributed by atoms with van der Waals surface area (Å²) in [7, 11) is 0. The zero-order valence-corrected chi connectivity index (χ0v) is 21.1. The molecule has 11 nitrogen and oxygen atoms in total. The molecular formula is C26H36O11. The minimum Gasteiger partial charge on any atom is -0.504 e. The van der Waals surface area contributed by atoms with Gasteiger partial charge in [-0.05, 0) is 38.7 Å². The van der Waals surface area contributed by atoms with Crippen molar-refractivity contribution in [3.63, 3.8) is 0 Å². The largest absolute Gasteiger partial charge is 0.504 e. The molecule has 37 heavy (non-hydrogen) atoms. The first-order valence-electron chi connectivity index (χ1n) is 12.6. The van der Waals surface area contributed by atoms with E-state index in [2.05, 4.69) is 0 Å². The van der Waals surface area contributed by atoms with Crippen molar-refractivity contribution < 1.29 is 54.8 Å². The van der Waals surface area contributed by atoms with Gasteiger partial charge in [0.1, 0.15) is 24.4 Å². The number of benzene rings is 1. The zero-order valence-electron chi connectivity index (χ0n) is 21.1. The predicted molar refractivity (Wildman–Crippen MR) is 127 cm³/mol. The number of aliphatic hydroxyl groups is 5. The molecule has 1 aromatic rings. The lowest BCUT2D eigenvalue weighted by Gasteiger charge is -2.53. The molecular weight excluding hydrogens is 488 g/mol. The van der Waals surface area contributed by atoms with Crippen molar-refractivity contribution in [2.75, 3.05) is 6.61 Å². The summed E-state index contributed by atoms with van der Waals surface area (Å²) >= 11 is 0. The molecule has 0 amide bonds. The van der Waals surface area contributed by atoms with Gasteiger partial charge < -0.3 is 45.2 Å². The van der Waals surface area contributed by atoms with Gasteiger partial charge in [0, 0.05) is 34.9 Å². The summed E-state index contributed by atoms with van der Waals surface area (Å²) in [5, 5.41) is 71.4. The van der Waals surface area contributed by atoms with Crippen LogP contribution >= 0.6 is 0 Å². The summed E-state index contributed by atoms with van der Waals surface area (Å²) in [6, 6.07) is 1.50. The van der Waals surface area contributed by atoms with Crippen LogP contribution in [-0.2, 0) is 26.1 Å². The van der Waals surface area contributed by atoms with E-state index in [4.69, 9.17) is 9.47 Å². The molecule has 1 aromatic carbocycles. The zero-order chi connectivity index (χ0) is 27.4. The van der Waals surface area contributed by atoms with Crippen LogP contribution in [0.2, 0.25) is 0 Å². The number of phenols is 2. The molecule has 1 saturated heterocycles. The number of rotatable bonds is 5. The number of Topliss-reactive ketones (excluding diaryl/α,β-unsaturated/α-hetero) is 1. The molecule has 2 aliphatic carbocycles. The van der Waals surface area contributed by atoms with Crippen molar-refractivity contribution in [2.24, 2.45) is 11.3 Å². The normalized spacial score (nSPS) is 38.4. The number of hydrogen-bond donors (Lipinski definition) is 7. The van der Waals surface area contributed by atoms with Crippen LogP contribution in [-0.4, -0.2) is 90.9 Å². The highest BCUT2D eigenvalue weighted by molar-refractivity contribution is 6.01. The van der Waals surface area contributed by atoms with Crippen molar-refractivity contribution >= 4 is 11.8 Å². The monoisotopic (exact) mass is 524 g/mol. The topological polar surface area (TPSA) is 194 Å². The van der Waals surface area contributed by atoms with Crippen LogP contribution in [0.15, 0.2) is 6.07 Å². The van der Waals surface area contributed by atoms with Crippen molar-refractivity contribution in [3.05, 3.63) is 22.8 Å². The van der Waals surface area contributed by atoms with Gasteiger partial charge in [-0.15, -0.1) is 0 Å². The molecule has 11 heteroatoms. The highest BCUT2D eigenvalue weighted by atomic mass is 16.7. The molecule has 0 bridgehead atoms.